The molecule has 0 radical (unpaired) electrons. The number of hydrogen-bond donors (Lipinski definition) is 1. The van der Waals surface area contributed by atoms with E-state index in [-0.39, 0.29) is 16.5 Å². The van der Waals surface area contributed by atoms with Crippen molar-refractivity contribution >= 4 is 24.5 Å². The fourth-order valence-electron chi connectivity index (χ4n) is 3.39. The molecule has 1 aromatic carbocycles. The van der Waals surface area contributed by atoms with Crippen molar-refractivity contribution in [2.45, 2.75) is 59.5 Å². The minimum absolute atomic E-state index is 0.244. The summed E-state index contributed by atoms with van der Waals surface area (Å²) in [5, 5.41) is 0. The van der Waals surface area contributed by atoms with Crippen LogP contribution in [0.3, 0.4) is 0 Å². The Kier molecular flexibility index (Phi) is 6.41. The first kappa shape index (κ1) is 20.1. The molecule has 0 unspecified atom stereocenters. The molecule has 0 heterocycles. The van der Waals surface area contributed by atoms with Crippen LogP contribution in [0.1, 0.15) is 54.0 Å². The largest absolute Gasteiger partial charge is 0.286 e. The Labute approximate surface area is 143 Å². The van der Waals surface area contributed by atoms with Gasteiger partial charge in [0.15, 0.2) is 0 Å². The van der Waals surface area contributed by atoms with Crippen molar-refractivity contribution in [3.05, 3.63) is 40.4 Å². The average molecular weight is 355 g/mol. The number of rotatable bonds is 5. The molecule has 0 aliphatic rings. The Morgan fingerprint density at radius 1 is 1.00 bits per heavy atom. The smallest absolute Gasteiger partial charge is 0.282 e. The van der Waals surface area contributed by atoms with E-state index in [9.17, 15) is 13.0 Å². The molecule has 0 aromatic heterocycles. The third-order valence-electron chi connectivity index (χ3n) is 4.08. The quantitative estimate of drug-likeness (QED) is 0.603. The maximum absolute atomic E-state index is 12.4. The normalized spacial score (nSPS) is 14.6. The van der Waals surface area contributed by atoms with Crippen molar-refractivity contribution in [1.82, 2.24) is 0 Å². The molecule has 5 heteroatoms. The van der Waals surface area contributed by atoms with Crippen molar-refractivity contribution in [3.8, 4) is 0 Å². The van der Waals surface area contributed by atoms with Crippen molar-refractivity contribution < 1.29 is 13.0 Å². The highest BCUT2D eigenvalue weighted by molar-refractivity contribution is 7.92. The predicted octanol–water partition coefficient (Wildman–Crippen LogP) is 4.92. The number of hydrogen-bond acceptors (Lipinski definition) is 2. The van der Waals surface area contributed by atoms with E-state index < -0.39 is 18.9 Å². The van der Waals surface area contributed by atoms with Gasteiger partial charge in [-0.25, -0.2) is 0 Å². The first-order chi connectivity index (χ1) is 10.4. The lowest BCUT2D eigenvalue weighted by Gasteiger charge is -2.32. The molecule has 0 saturated heterocycles. The van der Waals surface area contributed by atoms with Gasteiger partial charge >= 0.3 is 0 Å². The van der Waals surface area contributed by atoms with E-state index in [4.69, 9.17) is 0 Å². The Hall–Kier alpha value is -0.913. The molecule has 130 valence electrons. The molecule has 1 aromatic rings. The molecule has 1 N–H and O–H groups in total. The summed E-state index contributed by atoms with van der Waals surface area (Å²) in [6, 6.07) is 9.58. The van der Waals surface area contributed by atoms with Gasteiger partial charge in [-0.3, -0.25) is 4.55 Å². The molecular formula is C18H30O3SSi. The maximum atomic E-state index is 12.4. The van der Waals surface area contributed by atoms with Gasteiger partial charge in [0, 0.05) is 0 Å². The van der Waals surface area contributed by atoms with E-state index in [2.05, 4.69) is 27.7 Å². The summed E-state index contributed by atoms with van der Waals surface area (Å²) in [4.78, 5) is 0. The minimum Gasteiger partial charge on any atom is -0.282 e. The highest BCUT2D eigenvalue weighted by Crippen LogP contribution is 2.42. The maximum Gasteiger partial charge on any atom is 0.286 e. The zero-order valence-electron chi connectivity index (χ0n) is 15.3. The molecule has 0 fully saturated rings. The second-order valence-corrected chi connectivity index (χ2v) is 13.9. The fourth-order valence-corrected chi connectivity index (χ4v) is 10.8. The minimum atomic E-state index is -4.24. The fraction of sp³-hybridized carbons (Fsp3) is 0.556. The van der Waals surface area contributed by atoms with E-state index in [1.54, 1.807) is 0 Å². The molecule has 0 bridgehead atoms. The van der Waals surface area contributed by atoms with Crippen LogP contribution in [0.5, 0.6) is 0 Å². The van der Waals surface area contributed by atoms with Crippen LogP contribution in [0, 0.1) is 5.41 Å². The van der Waals surface area contributed by atoms with Crippen molar-refractivity contribution in [3.63, 3.8) is 0 Å². The van der Waals surface area contributed by atoms with Crippen LogP contribution in [0.4, 0.5) is 0 Å². The van der Waals surface area contributed by atoms with Crippen LogP contribution in [-0.2, 0) is 10.1 Å². The van der Waals surface area contributed by atoms with Crippen LogP contribution in [0.15, 0.2) is 34.9 Å². The lowest BCUT2D eigenvalue weighted by Crippen LogP contribution is -2.32. The highest BCUT2D eigenvalue weighted by atomic mass is 32.2. The van der Waals surface area contributed by atoms with Crippen LogP contribution >= 0.6 is 0 Å². The lowest BCUT2D eigenvalue weighted by atomic mass is 9.83. The van der Waals surface area contributed by atoms with E-state index in [1.165, 1.54) is 0 Å². The first-order valence-corrected chi connectivity index (χ1v) is 11.5. The molecule has 1 rings (SSSR count). The number of allylic oxidation sites excluding steroid dienone is 1. The Balaban J connectivity index is 3.91. The summed E-state index contributed by atoms with van der Waals surface area (Å²) in [6.45, 7) is 14.3. The predicted molar refractivity (Wildman–Crippen MR) is 102 cm³/mol. The van der Waals surface area contributed by atoms with Gasteiger partial charge in [-0.2, -0.15) is 8.42 Å². The highest BCUT2D eigenvalue weighted by Gasteiger charge is 2.37. The Morgan fingerprint density at radius 2 is 1.43 bits per heavy atom. The third kappa shape index (κ3) is 5.03. The standard InChI is InChI=1S/C18H30O3SSi/c1-13(2)23(14(3)4)17(22(19,20)21)16(18(5,6)7)15-11-9-8-10-12-15/h8-14,23H,1-7H3,(H,19,20,21). The van der Waals surface area contributed by atoms with Gasteiger partial charge in [-0.1, -0.05) is 78.8 Å². The van der Waals surface area contributed by atoms with E-state index in [0.717, 1.165) is 11.1 Å². The summed E-state index contributed by atoms with van der Waals surface area (Å²) >= 11 is 0. The molecule has 3 nitrogen and oxygen atoms in total. The van der Waals surface area contributed by atoms with Crippen LogP contribution in [0.25, 0.3) is 5.57 Å². The number of benzene rings is 1. The zero-order valence-corrected chi connectivity index (χ0v) is 17.3. The molecule has 0 amide bonds. The zero-order chi connectivity index (χ0) is 18.0. The molecular weight excluding hydrogens is 324 g/mol. The molecule has 0 spiro atoms. The average Bonchev–Trinajstić information content (AvgIpc) is 2.35. The van der Waals surface area contributed by atoms with Gasteiger partial charge in [0.25, 0.3) is 10.1 Å². The van der Waals surface area contributed by atoms with Crippen LogP contribution in [-0.4, -0.2) is 21.8 Å². The molecule has 0 aliphatic heterocycles. The van der Waals surface area contributed by atoms with E-state index >= 15 is 0 Å². The topological polar surface area (TPSA) is 54.4 Å². The summed E-state index contributed by atoms with van der Waals surface area (Å²) in [5.74, 6) is 0. The SMILES string of the molecule is CC(C)[SiH](C(=C(c1ccccc1)C(C)(C)C)S(=O)(=O)O)C(C)C. The molecule has 23 heavy (non-hydrogen) atoms. The second-order valence-electron chi connectivity index (χ2n) is 7.84. The monoisotopic (exact) mass is 354 g/mol. The van der Waals surface area contributed by atoms with Crippen molar-refractivity contribution in [2.75, 3.05) is 0 Å². The summed E-state index contributed by atoms with van der Waals surface area (Å²) in [7, 11) is -6.15. The summed E-state index contributed by atoms with van der Waals surface area (Å²) in [6.07, 6.45) is 0. The van der Waals surface area contributed by atoms with Gasteiger partial charge in [-0.15, -0.1) is 0 Å². The van der Waals surface area contributed by atoms with Gasteiger partial charge in [-0.05, 0) is 27.6 Å². The first-order valence-electron chi connectivity index (χ1n) is 8.15. The van der Waals surface area contributed by atoms with Crippen molar-refractivity contribution in [2.24, 2.45) is 5.41 Å². The van der Waals surface area contributed by atoms with Crippen LogP contribution in [0.2, 0.25) is 11.1 Å². The molecule has 0 aliphatic carbocycles. The van der Waals surface area contributed by atoms with Gasteiger partial charge < -0.3 is 0 Å². The molecule has 0 saturated carbocycles. The van der Waals surface area contributed by atoms with Gasteiger partial charge in [0.2, 0.25) is 0 Å². The summed E-state index contributed by atoms with van der Waals surface area (Å²) in [5.41, 5.74) is 1.76. The lowest BCUT2D eigenvalue weighted by molar-refractivity contribution is 0.490. The third-order valence-corrected chi connectivity index (χ3v) is 10.3. The van der Waals surface area contributed by atoms with Crippen molar-refractivity contribution in [1.29, 1.82) is 0 Å². The molecule has 0 atom stereocenters. The van der Waals surface area contributed by atoms with E-state index in [0.29, 0.717) is 4.53 Å². The summed E-state index contributed by atoms with van der Waals surface area (Å²) < 4.78 is 35.1. The Bertz CT molecular complexity index is 645. The second kappa shape index (κ2) is 7.32. The van der Waals surface area contributed by atoms with Gasteiger partial charge in [0.05, 0.1) is 13.3 Å². The van der Waals surface area contributed by atoms with E-state index in [1.807, 2.05) is 51.1 Å². The van der Waals surface area contributed by atoms with Crippen LogP contribution < -0.4 is 0 Å². The van der Waals surface area contributed by atoms with Gasteiger partial charge in [0.1, 0.15) is 0 Å². The Morgan fingerprint density at radius 3 is 1.74 bits per heavy atom.